The first kappa shape index (κ1) is 17.8. The van der Waals surface area contributed by atoms with E-state index < -0.39 is 0 Å². The van der Waals surface area contributed by atoms with Crippen LogP contribution in [0.4, 0.5) is 0 Å². The largest absolute Gasteiger partial charge is 0.369 e. The predicted octanol–water partition coefficient (Wildman–Crippen LogP) is 2.07. The average Bonchev–Trinajstić information content (AvgIpc) is 2.50. The Morgan fingerprint density at radius 2 is 2.00 bits per heavy atom. The predicted molar refractivity (Wildman–Crippen MR) is 92.3 cm³/mol. The van der Waals surface area contributed by atoms with Crippen molar-refractivity contribution in [1.29, 1.82) is 0 Å². The van der Waals surface area contributed by atoms with Gasteiger partial charge in [-0.1, -0.05) is 23.2 Å². The van der Waals surface area contributed by atoms with E-state index in [2.05, 4.69) is 5.32 Å². The minimum Gasteiger partial charge on any atom is -0.369 e. The number of primary amides is 1. The summed E-state index contributed by atoms with van der Waals surface area (Å²) in [6.45, 7) is 1.77. The van der Waals surface area contributed by atoms with Crippen molar-refractivity contribution in [2.24, 2.45) is 5.73 Å². The van der Waals surface area contributed by atoms with Gasteiger partial charge >= 0.3 is 0 Å². The number of piperidine rings is 1. The van der Waals surface area contributed by atoms with Gasteiger partial charge in [0.25, 0.3) is 0 Å². The Balaban J connectivity index is 1.82. The van der Waals surface area contributed by atoms with Crippen molar-refractivity contribution in [3.8, 4) is 0 Å². The molecular formula is C16H19Cl2N3O2. The lowest BCUT2D eigenvalue weighted by Crippen LogP contribution is -2.46. The first-order valence-corrected chi connectivity index (χ1v) is 8.14. The molecule has 0 aliphatic carbocycles. The van der Waals surface area contributed by atoms with Gasteiger partial charge in [0.05, 0.1) is 6.54 Å². The van der Waals surface area contributed by atoms with E-state index in [9.17, 15) is 9.59 Å². The van der Waals surface area contributed by atoms with E-state index in [1.165, 1.54) is 6.08 Å². The summed E-state index contributed by atoms with van der Waals surface area (Å²) in [5.74, 6) is -0.497. The third-order valence-electron chi connectivity index (χ3n) is 3.69. The van der Waals surface area contributed by atoms with Crippen LogP contribution in [-0.2, 0) is 9.59 Å². The number of nitrogens with two attached hydrogens (primary N) is 1. The van der Waals surface area contributed by atoms with Gasteiger partial charge in [0.1, 0.15) is 0 Å². The highest BCUT2D eigenvalue weighted by Crippen LogP contribution is 2.21. The van der Waals surface area contributed by atoms with E-state index in [1.54, 1.807) is 24.3 Å². The summed E-state index contributed by atoms with van der Waals surface area (Å²) < 4.78 is 0. The molecule has 0 saturated carbocycles. The Morgan fingerprint density at radius 1 is 1.30 bits per heavy atom. The van der Waals surface area contributed by atoms with Gasteiger partial charge in [0.2, 0.25) is 11.8 Å². The lowest BCUT2D eigenvalue weighted by Gasteiger charge is -2.31. The minimum absolute atomic E-state index is 0.103. The molecule has 0 unspecified atom stereocenters. The number of hydrogen-bond donors (Lipinski definition) is 2. The summed E-state index contributed by atoms with van der Waals surface area (Å²) in [7, 11) is 0. The third kappa shape index (κ3) is 5.86. The molecule has 1 saturated heterocycles. The number of benzene rings is 1. The lowest BCUT2D eigenvalue weighted by molar-refractivity contribution is -0.120. The molecule has 23 heavy (non-hydrogen) atoms. The quantitative estimate of drug-likeness (QED) is 0.793. The molecule has 7 heteroatoms. The summed E-state index contributed by atoms with van der Waals surface area (Å²) in [5, 5.41) is 4.06. The standard InChI is InChI=1S/C16H19Cl2N3O2/c17-12-2-3-14(18)11(9-12)1-4-16(23)20-13-5-7-21(8-6-13)10-15(19)22/h1-4,9,13H,5-8,10H2,(H2,19,22)(H,20,23). The molecule has 1 aromatic carbocycles. The minimum atomic E-state index is -0.325. The second-order valence-corrected chi connectivity index (χ2v) is 6.37. The molecule has 0 atom stereocenters. The van der Waals surface area contributed by atoms with Crippen LogP contribution >= 0.6 is 23.2 Å². The smallest absolute Gasteiger partial charge is 0.244 e. The molecule has 2 amide bonds. The van der Waals surface area contributed by atoms with Gasteiger partial charge in [-0.2, -0.15) is 0 Å². The maximum Gasteiger partial charge on any atom is 0.244 e. The molecule has 1 aromatic rings. The van der Waals surface area contributed by atoms with Gasteiger partial charge in [-0.25, -0.2) is 0 Å². The van der Waals surface area contributed by atoms with Gasteiger partial charge in [-0.15, -0.1) is 0 Å². The van der Waals surface area contributed by atoms with Gasteiger partial charge < -0.3 is 11.1 Å². The number of hydrogen-bond acceptors (Lipinski definition) is 3. The highest BCUT2D eigenvalue weighted by Gasteiger charge is 2.20. The van der Waals surface area contributed by atoms with Crippen molar-refractivity contribution in [3.05, 3.63) is 39.9 Å². The molecule has 1 fully saturated rings. The van der Waals surface area contributed by atoms with E-state index in [-0.39, 0.29) is 24.4 Å². The van der Waals surface area contributed by atoms with Crippen molar-refractivity contribution in [2.45, 2.75) is 18.9 Å². The number of nitrogens with one attached hydrogen (secondary N) is 1. The molecule has 5 nitrogen and oxygen atoms in total. The van der Waals surface area contributed by atoms with Crippen LogP contribution in [0.25, 0.3) is 6.08 Å². The Bertz CT molecular complexity index is 611. The number of likely N-dealkylation sites (tertiary alicyclic amines) is 1. The summed E-state index contributed by atoms with van der Waals surface area (Å²) in [6.07, 6.45) is 4.69. The average molecular weight is 356 g/mol. The van der Waals surface area contributed by atoms with E-state index in [4.69, 9.17) is 28.9 Å². The zero-order chi connectivity index (χ0) is 16.8. The molecule has 1 heterocycles. The SMILES string of the molecule is NC(=O)CN1CCC(NC(=O)C=Cc2cc(Cl)ccc2Cl)CC1. The van der Waals surface area contributed by atoms with E-state index in [1.807, 2.05) is 4.90 Å². The van der Waals surface area contributed by atoms with Crippen LogP contribution in [0.15, 0.2) is 24.3 Å². The monoisotopic (exact) mass is 355 g/mol. The van der Waals surface area contributed by atoms with Crippen molar-refractivity contribution >= 4 is 41.1 Å². The number of halogens is 2. The number of nitrogens with zero attached hydrogens (tertiary/aromatic N) is 1. The molecule has 1 aliphatic rings. The Labute approximate surface area is 145 Å². The molecule has 0 aromatic heterocycles. The van der Waals surface area contributed by atoms with Gasteiger partial charge in [-0.05, 0) is 42.7 Å². The second kappa shape index (κ2) is 8.34. The van der Waals surface area contributed by atoms with E-state index >= 15 is 0 Å². The fourth-order valence-electron chi connectivity index (χ4n) is 2.51. The highest BCUT2D eigenvalue weighted by atomic mass is 35.5. The molecule has 1 aliphatic heterocycles. The second-order valence-electron chi connectivity index (χ2n) is 5.52. The zero-order valence-electron chi connectivity index (χ0n) is 12.6. The Kier molecular flexibility index (Phi) is 6.45. The van der Waals surface area contributed by atoms with Crippen LogP contribution in [-0.4, -0.2) is 42.4 Å². The van der Waals surface area contributed by atoms with Crippen LogP contribution < -0.4 is 11.1 Å². The number of amides is 2. The Hall–Kier alpha value is -1.56. The van der Waals surface area contributed by atoms with Crippen LogP contribution in [0, 0.1) is 0 Å². The van der Waals surface area contributed by atoms with Crippen LogP contribution in [0.2, 0.25) is 10.0 Å². The van der Waals surface area contributed by atoms with Crippen molar-refractivity contribution in [3.63, 3.8) is 0 Å². The fourth-order valence-corrected chi connectivity index (χ4v) is 2.87. The van der Waals surface area contributed by atoms with Gasteiger partial charge in [0, 0.05) is 35.3 Å². The summed E-state index contributed by atoms with van der Waals surface area (Å²) in [5.41, 5.74) is 5.88. The number of carbonyl (C=O) groups is 2. The zero-order valence-corrected chi connectivity index (χ0v) is 14.1. The van der Waals surface area contributed by atoms with E-state index in [0.717, 1.165) is 25.9 Å². The topological polar surface area (TPSA) is 75.4 Å². The number of rotatable bonds is 5. The van der Waals surface area contributed by atoms with Gasteiger partial charge in [0.15, 0.2) is 0 Å². The van der Waals surface area contributed by atoms with Crippen molar-refractivity contribution in [2.75, 3.05) is 19.6 Å². The highest BCUT2D eigenvalue weighted by molar-refractivity contribution is 6.34. The van der Waals surface area contributed by atoms with E-state index in [0.29, 0.717) is 15.6 Å². The van der Waals surface area contributed by atoms with Crippen molar-refractivity contribution < 1.29 is 9.59 Å². The summed E-state index contributed by atoms with van der Waals surface area (Å²) >= 11 is 12.0. The fraction of sp³-hybridized carbons (Fsp3) is 0.375. The first-order chi connectivity index (χ1) is 10.9. The molecule has 0 spiro atoms. The molecule has 0 bridgehead atoms. The lowest BCUT2D eigenvalue weighted by atomic mass is 10.0. The van der Waals surface area contributed by atoms with Crippen molar-refractivity contribution in [1.82, 2.24) is 10.2 Å². The Morgan fingerprint density at radius 3 is 2.65 bits per heavy atom. The molecular weight excluding hydrogens is 337 g/mol. The first-order valence-electron chi connectivity index (χ1n) is 7.38. The maximum atomic E-state index is 12.0. The molecule has 3 N–H and O–H groups in total. The molecule has 2 rings (SSSR count). The van der Waals surface area contributed by atoms with Crippen LogP contribution in [0.3, 0.4) is 0 Å². The normalized spacial score (nSPS) is 16.6. The van der Waals surface area contributed by atoms with Gasteiger partial charge in [-0.3, -0.25) is 14.5 Å². The summed E-state index contributed by atoms with van der Waals surface area (Å²) in [4.78, 5) is 24.9. The van der Waals surface area contributed by atoms with Crippen LogP contribution in [0.1, 0.15) is 18.4 Å². The number of carbonyl (C=O) groups excluding carboxylic acids is 2. The van der Waals surface area contributed by atoms with Crippen LogP contribution in [0.5, 0.6) is 0 Å². The molecule has 0 radical (unpaired) electrons. The third-order valence-corrected chi connectivity index (χ3v) is 4.27. The summed E-state index contributed by atoms with van der Waals surface area (Å²) in [6, 6.07) is 5.19. The maximum absolute atomic E-state index is 12.0. The molecule has 124 valence electrons.